The van der Waals surface area contributed by atoms with Gasteiger partial charge in [0.25, 0.3) is 0 Å². The highest BCUT2D eigenvalue weighted by Gasteiger charge is 2.35. The van der Waals surface area contributed by atoms with Gasteiger partial charge in [0.15, 0.2) is 0 Å². The van der Waals surface area contributed by atoms with Gasteiger partial charge in [-0.2, -0.15) is 26.3 Å². The van der Waals surface area contributed by atoms with Gasteiger partial charge in [0.1, 0.15) is 22.3 Å². The van der Waals surface area contributed by atoms with E-state index >= 15 is 0 Å². The fourth-order valence-electron chi connectivity index (χ4n) is 11.0. The van der Waals surface area contributed by atoms with Crippen LogP contribution in [0.25, 0.3) is 121 Å². The van der Waals surface area contributed by atoms with Gasteiger partial charge < -0.3 is 18.0 Å². The van der Waals surface area contributed by atoms with Crippen LogP contribution in [0.2, 0.25) is 0 Å². The molecular weight excluding hydrogens is 871 g/mol. The molecule has 0 aliphatic carbocycles. The van der Waals surface area contributed by atoms with Gasteiger partial charge in [0, 0.05) is 54.2 Å². The first-order valence-corrected chi connectivity index (χ1v) is 22.1. The van der Waals surface area contributed by atoms with Crippen molar-refractivity contribution in [3.8, 4) is 33.6 Å². The highest BCUT2D eigenvalue weighted by atomic mass is 19.4. The number of hydrogen-bond donors (Lipinski definition) is 0. The number of rotatable bonds is 4. The molecule has 10 heteroatoms. The molecule has 0 fully saturated rings. The molecule has 0 radical (unpaired) electrons. The Balaban J connectivity index is 1.27. The summed E-state index contributed by atoms with van der Waals surface area (Å²) in [7, 11) is 0. The minimum absolute atomic E-state index is 0.242. The summed E-state index contributed by atoms with van der Waals surface area (Å²) in [5.41, 5.74) is 7.63. The zero-order valence-electron chi connectivity index (χ0n) is 36.1. The summed E-state index contributed by atoms with van der Waals surface area (Å²) in [6, 6.07) is 49.4. The molecule has 13 aromatic rings. The Morgan fingerprint density at radius 2 is 0.750 bits per heavy atom. The molecule has 330 valence electrons. The Kier molecular flexibility index (Phi) is 8.33. The minimum Gasteiger partial charge on any atom is -0.456 e. The van der Waals surface area contributed by atoms with Gasteiger partial charge in [-0.25, -0.2) is 0 Å². The number of furan rings is 2. The molecule has 0 aliphatic rings. The lowest BCUT2D eigenvalue weighted by Gasteiger charge is -2.28. The van der Waals surface area contributed by atoms with E-state index in [1.54, 1.807) is 12.1 Å². The average Bonchev–Trinajstić information content (AvgIpc) is 4.09. The zero-order valence-corrected chi connectivity index (χ0v) is 36.1. The van der Waals surface area contributed by atoms with Gasteiger partial charge in [-0.3, -0.25) is 0 Å². The van der Waals surface area contributed by atoms with Gasteiger partial charge >= 0.3 is 12.4 Å². The van der Waals surface area contributed by atoms with Crippen molar-refractivity contribution in [2.24, 2.45) is 0 Å². The summed E-state index contributed by atoms with van der Waals surface area (Å²) in [6.07, 6.45) is -9.40. The monoisotopic (exact) mass is 904 g/mol. The van der Waals surface area contributed by atoms with Crippen molar-refractivity contribution in [3.05, 3.63) is 192 Å². The molecule has 0 saturated carbocycles. The predicted octanol–water partition coefficient (Wildman–Crippen LogP) is 17.7. The van der Waals surface area contributed by atoms with E-state index in [9.17, 15) is 26.3 Å². The van der Waals surface area contributed by atoms with Crippen molar-refractivity contribution in [2.75, 3.05) is 0 Å². The molecule has 0 amide bonds. The smallest absolute Gasteiger partial charge is 0.416 e. The topological polar surface area (TPSA) is 36.1 Å². The molecule has 9 aromatic carbocycles. The number of aromatic nitrogens is 2. The lowest BCUT2D eigenvalue weighted by Crippen LogP contribution is -2.11. The second-order valence-corrected chi connectivity index (χ2v) is 17.4. The summed E-state index contributed by atoms with van der Waals surface area (Å²) in [4.78, 5) is 0. The highest BCUT2D eigenvalue weighted by molar-refractivity contribution is 6.29. The van der Waals surface area contributed by atoms with E-state index in [1.165, 1.54) is 12.1 Å². The van der Waals surface area contributed by atoms with E-state index in [4.69, 9.17) is 8.83 Å². The molecule has 4 nitrogen and oxygen atoms in total. The Morgan fingerprint density at radius 1 is 0.353 bits per heavy atom. The van der Waals surface area contributed by atoms with Gasteiger partial charge in [0.05, 0.1) is 44.6 Å². The number of alkyl halides is 6. The van der Waals surface area contributed by atoms with Crippen LogP contribution < -0.4 is 0 Å². The van der Waals surface area contributed by atoms with Crippen LogP contribution >= 0.6 is 0 Å². The van der Waals surface area contributed by atoms with E-state index in [-0.39, 0.29) is 11.1 Å². The maximum absolute atomic E-state index is 14.9. The first-order valence-electron chi connectivity index (χ1n) is 22.1. The van der Waals surface area contributed by atoms with Gasteiger partial charge in [0.2, 0.25) is 0 Å². The van der Waals surface area contributed by atoms with E-state index < -0.39 is 23.5 Å². The van der Waals surface area contributed by atoms with Crippen LogP contribution in [0.5, 0.6) is 0 Å². The third-order valence-electron chi connectivity index (χ3n) is 13.7. The van der Waals surface area contributed by atoms with Crippen LogP contribution in [-0.2, 0) is 12.4 Å². The molecule has 0 unspecified atom stereocenters. The minimum atomic E-state index is -4.70. The molecule has 0 aliphatic heterocycles. The van der Waals surface area contributed by atoms with Gasteiger partial charge in [-0.15, -0.1) is 0 Å². The molecule has 0 saturated heterocycles. The first kappa shape index (κ1) is 40.1. The number of hydrogen-bond acceptors (Lipinski definition) is 2. The van der Waals surface area contributed by atoms with Crippen molar-refractivity contribution in [2.45, 2.75) is 26.2 Å². The number of benzene rings is 9. The van der Waals surface area contributed by atoms with Gasteiger partial charge in [-0.05, 0) is 109 Å². The summed E-state index contributed by atoms with van der Waals surface area (Å²) in [5.74, 6) is 0. The molecule has 0 bridgehead atoms. The summed E-state index contributed by atoms with van der Waals surface area (Å²) in [6.45, 7) is 3.80. The van der Waals surface area contributed by atoms with Crippen LogP contribution in [0.1, 0.15) is 22.3 Å². The normalized spacial score (nSPS) is 12.7. The molecule has 0 atom stereocenters. The standard InChI is InChI=1S/C58H34F6N2O2/c1-31-49(33-13-11-15-35(29-33)57(59,60)61)56(66-42-22-8-4-18-38(42)52-44(66)26-28-48-54(52)40-20-6-10-24-46(40)68-48)50(34-14-12-16-36(30-34)58(62,63)64)32(2)55(31)65-41-21-7-3-17-37(41)51-43(65)25-27-47-53(51)39-19-5-9-23-45(39)67-47/h3-30H,1-2H3. The third-order valence-corrected chi connectivity index (χ3v) is 13.7. The maximum atomic E-state index is 14.9. The average molecular weight is 905 g/mol. The molecule has 4 aromatic heterocycles. The second kappa shape index (κ2) is 14.1. The number of halogens is 6. The van der Waals surface area contributed by atoms with Crippen LogP contribution in [0.3, 0.4) is 0 Å². The third kappa shape index (κ3) is 5.63. The Hall–Kier alpha value is -8.24. The van der Waals surface area contributed by atoms with Crippen molar-refractivity contribution < 1.29 is 35.2 Å². The molecule has 13 rings (SSSR count). The van der Waals surface area contributed by atoms with Crippen molar-refractivity contribution in [1.82, 2.24) is 9.13 Å². The van der Waals surface area contributed by atoms with E-state index in [0.29, 0.717) is 67.0 Å². The van der Waals surface area contributed by atoms with Crippen LogP contribution in [-0.4, -0.2) is 9.13 Å². The summed E-state index contributed by atoms with van der Waals surface area (Å²) in [5, 5.41) is 7.03. The number of nitrogens with zero attached hydrogens (tertiary/aromatic N) is 2. The Bertz CT molecular complexity index is 4190. The lowest BCUT2D eigenvalue weighted by molar-refractivity contribution is -0.138. The van der Waals surface area contributed by atoms with E-state index in [0.717, 1.165) is 78.4 Å². The van der Waals surface area contributed by atoms with E-state index in [2.05, 4.69) is 4.57 Å². The van der Waals surface area contributed by atoms with Crippen LogP contribution in [0.15, 0.2) is 179 Å². The van der Waals surface area contributed by atoms with Crippen molar-refractivity contribution >= 4 is 87.5 Å². The SMILES string of the molecule is Cc1c(-c2cccc(C(F)(F)F)c2)c(-n2c3ccccc3c3c4c(ccc32)oc2ccccc24)c(-c2cccc(C(F)(F)F)c2)c(C)c1-n1c2ccccc2c2c3c(ccc21)oc1ccccc13. The Morgan fingerprint density at radius 3 is 1.19 bits per heavy atom. The molecule has 0 N–H and O–H groups in total. The fraction of sp³-hybridized carbons (Fsp3) is 0.0690. The van der Waals surface area contributed by atoms with Crippen molar-refractivity contribution in [3.63, 3.8) is 0 Å². The van der Waals surface area contributed by atoms with Crippen molar-refractivity contribution in [1.29, 1.82) is 0 Å². The zero-order chi connectivity index (χ0) is 46.4. The molecule has 68 heavy (non-hydrogen) atoms. The fourth-order valence-corrected chi connectivity index (χ4v) is 11.0. The van der Waals surface area contributed by atoms with E-state index in [1.807, 2.05) is 140 Å². The molecule has 0 spiro atoms. The summed E-state index contributed by atoms with van der Waals surface area (Å²) >= 11 is 0. The molecular formula is C58H34F6N2O2. The largest absolute Gasteiger partial charge is 0.456 e. The van der Waals surface area contributed by atoms with Crippen LogP contribution in [0.4, 0.5) is 26.3 Å². The summed E-state index contributed by atoms with van der Waals surface area (Å²) < 4.78 is 106. The Labute approximate surface area is 382 Å². The molecule has 4 heterocycles. The number of fused-ring (bicyclic) bond motifs is 14. The van der Waals surface area contributed by atoms with Crippen LogP contribution in [0, 0.1) is 13.8 Å². The quantitative estimate of drug-likeness (QED) is 0.165. The lowest BCUT2D eigenvalue weighted by atomic mass is 9.86. The van der Waals surface area contributed by atoms with Gasteiger partial charge in [-0.1, -0.05) is 97.1 Å². The maximum Gasteiger partial charge on any atom is 0.416 e. The number of para-hydroxylation sites is 4. The first-order chi connectivity index (χ1) is 32.9. The second-order valence-electron chi connectivity index (χ2n) is 17.4. The highest BCUT2D eigenvalue weighted by Crippen LogP contribution is 2.51. The predicted molar refractivity (Wildman–Crippen MR) is 260 cm³/mol.